The van der Waals surface area contributed by atoms with Crippen LogP contribution in [0, 0.1) is 18.8 Å². The molecule has 0 aromatic heterocycles. The first-order valence-corrected chi connectivity index (χ1v) is 9.34. The number of rotatable bonds is 3. The molecule has 2 unspecified atom stereocenters. The van der Waals surface area contributed by atoms with Crippen LogP contribution in [0.5, 0.6) is 0 Å². The third-order valence-corrected chi connectivity index (χ3v) is 6.35. The second-order valence-electron chi connectivity index (χ2n) is 6.15. The Hall–Kier alpha value is -0.390. The first-order valence-electron chi connectivity index (χ1n) is 7.06. The molecule has 1 aliphatic rings. The summed E-state index contributed by atoms with van der Waals surface area (Å²) in [5.74, 6) is 1.16. The van der Waals surface area contributed by atoms with E-state index in [0.29, 0.717) is 16.7 Å². The van der Waals surface area contributed by atoms with Gasteiger partial charge in [0.1, 0.15) is 0 Å². The summed E-state index contributed by atoms with van der Waals surface area (Å²) in [6.07, 6.45) is 3.05. The molecule has 0 amide bonds. The third kappa shape index (κ3) is 3.83. The van der Waals surface area contributed by atoms with Gasteiger partial charge in [-0.2, -0.15) is 0 Å². The molecule has 2 rings (SSSR count). The first-order chi connectivity index (χ1) is 9.28. The maximum atomic E-state index is 12.5. The topological polar surface area (TPSA) is 46.2 Å². The van der Waals surface area contributed by atoms with Gasteiger partial charge in [-0.05, 0) is 61.8 Å². The van der Waals surface area contributed by atoms with Crippen LogP contribution in [0.4, 0.5) is 0 Å². The molecule has 3 nitrogen and oxygen atoms in total. The summed E-state index contributed by atoms with van der Waals surface area (Å²) in [6, 6.07) is 5.20. The van der Waals surface area contributed by atoms with Gasteiger partial charge in [0.15, 0.2) is 0 Å². The number of benzene rings is 1. The Morgan fingerprint density at radius 3 is 2.30 bits per heavy atom. The van der Waals surface area contributed by atoms with Gasteiger partial charge in [-0.3, -0.25) is 0 Å². The van der Waals surface area contributed by atoms with Gasteiger partial charge in [0.2, 0.25) is 10.0 Å². The molecule has 1 fully saturated rings. The van der Waals surface area contributed by atoms with Crippen molar-refractivity contribution in [1.82, 2.24) is 4.72 Å². The fourth-order valence-corrected chi connectivity index (χ4v) is 4.71. The maximum Gasteiger partial charge on any atom is 0.240 e. The summed E-state index contributed by atoms with van der Waals surface area (Å²) in [6.45, 7) is 6.29. The number of hydrogen-bond acceptors (Lipinski definition) is 2. The molecule has 20 heavy (non-hydrogen) atoms. The maximum absolute atomic E-state index is 12.5. The van der Waals surface area contributed by atoms with Gasteiger partial charge in [0, 0.05) is 10.5 Å². The molecule has 1 N–H and O–H groups in total. The minimum atomic E-state index is -3.42. The summed E-state index contributed by atoms with van der Waals surface area (Å²) in [4.78, 5) is 0.351. The van der Waals surface area contributed by atoms with E-state index >= 15 is 0 Å². The highest BCUT2D eigenvalue weighted by molar-refractivity contribution is 9.10. The van der Waals surface area contributed by atoms with Crippen molar-refractivity contribution < 1.29 is 8.42 Å². The molecule has 0 spiro atoms. The Morgan fingerprint density at radius 2 is 1.75 bits per heavy atom. The van der Waals surface area contributed by atoms with Crippen LogP contribution in [-0.4, -0.2) is 14.5 Å². The van der Waals surface area contributed by atoms with Crippen molar-refractivity contribution in [2.45, 2.75) is 51.0 Å². The lowest BCUT2D eigenvalue weighted by Gasteiger charge is -2.31. The molecule has 112 valence electrons. The predicted octanol–water partition coefficient (Wildman–Crippen LogP) is 3.86. The zero-order chi connectivity index (χ0) is 14.9. The lowest BCUT2D eigenvalue weighted by molar-refractivity contribution is 0.257. The van der Waals surface area contributed by atoms with Crippen molar-refractivity contribution in [3.63, 3.8) is 0 Å². The lowest BCUT2D eigenvalue weighted by atomic mass is 9.81. The second-order valence-corrected chi connectivity index (χ2v) is 8.71. The molecule has 0 saturated heterocycles. The van der Waals surface area contributed by atoms with E-state index in [2.05, 4.69) is 34.5 Å². The molecular weight excluding hydrogens is 338 g/mol. The molecular formula is C15H22BrNO2S. The Balaban J connectivity index is 2.16. The Bertz CT molecular complexity index is 576. The van der Waals surface area contributed by atoms with Crippen LogP contribution in [0.3, 0.4) is 0 Å². The minimum Gasteiger partial charge on any atom is -0.208 e. The third-order valence-electron chi connectivity index (χ3n) is 3.94. The predicted molar refractivity (Wildman–Crippen MR) is 85.2 cm³/mol. The van der Waals surface area contributed by atoms with E-state index < -0.39 is 10.0 Å². The molecule has 0 bridgehead atoms. The van der Waals surface area contributed by atoms with Crippen molar-refractivity contribution in [1.29, 1.82) is 0 Å². The number of hydrogen-bond donors (Lipinski definition) is 1. The molecule has 1 aliphatic carbocycles. The van der Waals surface area contributed by atoms with E-state index in [9.17, 15) is 8.42 Å². The van der Waals surface area contributed by atoms with Crippen LogP contribution in [0.1, 0.15) is 38.7 Å². The van der Waals surface area contributed by atoms with Gasteiger partial charge >= 0.3 is 0 Å². The summed E-state index contributed by atoms with van der Waals surface area (Å²) in [7, 11) is -3.42. The van der Waals surface area contributed by atoms with Crippen LogP contribution in [0.25, 0.3) is 0 Å². The standard InChI is InChI=1S/C15H22BrNO2S/c1-10-6-11(2)8-13(7-10)17-20(18,19)14-4-5-15(16)12(3)9-14/h4-5,9-11,13,17H,6-8H2,1-3H3. The Morgan fingerprint density at radius 1 is 1.15 bits per heavy atom. The molecule has 1 aromatic rings. The average molecular weight is 360 g/mol. The van der Waals surface area contributed by atoms with Crippen molar-refractivity contribution in [3.05, 3.63) is 28.2 Å². The number of halogens is 1. The highest BCUT2D eigenvalue weighted by Gasteiger charge is 2.28. The zero-order valence-electron chi connectivity index (χ0n) is 12.2. The summed E-state index contributed by atoms with van der Waals surface area (Å²) in [5.41, 5.74) is 0.929. The summed E-state index contributed by atoms with van der Waals surface area (Å²) in [5, 5.41) is 0. The first kappa shape index (κ1) is 16.0. The minimum absolute atomic E-state index is 0.0581. The largest absolute Gasteiger partial charge is 0.240 e. The fraction of sp³-hybridized carbons (Fsp3) is 0.600. The molecule has 0 heterocycles. The molecule has 1 saturated carbocycles. The van der Waals surface area contributed by atoms with Crippen molar-refractivity contribution in [2.24, 2.45) is 11.8 Å². The van der Waals surface area contributed by atoms with Gasteiger partial charge in [-0.15, -0.1) is 0 Å². The van der Waals surface area contributed by atoms with Crippen LogP contribution < -0.4 is 4.72 Å². The molecule has 2 atom stereocenters. The molecule has 0 radical (unpaired) electrons. The molecule has 1 aromatic carbocycles. The van der Waals surface area contributed by atoms with Crippen LogP contribution in [0.2, 0.25) is 0 Å². The van der Waals surface area contributed by atoms with E-state index in [1.165, 1.54) is 6.42 Å². The van der Waals surface area contributed by atoms with Gasteiger partial charge < -0.3 is 0 Å². The number of aryl methyl sites for hydroxylation is 1. The van der Waals surface area contributed by atoms with E-state index in [1.807, 2.05) is 6.92 Å². The van der Waals surface area contributed by atoms with Crippen molar-refractivity contribution in [2.75, 3.05) is 0 Å². The normalized spacial score (nSPS) is 27.5. The molecule has 0 aliphatic heterocycles. The van der Waals surface area contributed by atoms with Crippen LogP contribution in [0.15, 0.2) is 27.6 Å². The van der Waals surface area contributed by atoms with Crippen molar-refractivity contribution >= 4 is 26.0 Å². The highest BCUT2D eigenvalue weighted by Crippen LogP contribution is 2.29. The van der Waals surface area contributed by atoms with Gasteiger partial charge in [-0.25, -0.2) is 13.1 Å². The number of nitrogens with one attached hydrogen (secondary N) is 1. The Labute approximate surface area is 130 Å². The average Bonchev–Trinajstić information content (AvgIpc) is 2.30. The van der Waals surface area contributed by atoms with Gasteiger partial charge in [-0.1, -0.05) is 29.8 Å². The van der Waals surface area contributed by atoms with Gasteiger partial charge in [0.25, 0.3) is 0 Å². The monoisotopic (exact) mass is 359 g/mol. The summed E-state index contributed by atoms with van der Waals surface area (Å²) >= 11 is 3.40. The smallest absolute Gasteiger partial charge is 0.208 e. The second kappa shape index (κ2) is 6.16. The highest BCUT2D eigenvalue weighted by atomic mass is 79.9. The Kier molecular flexibility index (Phi) is 4.92. The quantitative estimate of drug-likeness (QED) is 0.890. The zero-order valence-corrected chi connectivity index (χ0v) is 14.6. The summed E-state index contributed by atoms with van der Waals surface area (Å²) < 4.78 is 28.7. The van der Waals surface area contributed by atoms with Crippen molar-refractivity contribution in [3.8, 4) is 0 Å². The SMILES string of the molecule is Cc1cc(S(=O)(=O)NC2CC(C)CC(C)C2)ccc1Br. The van der Waals surface area contributed by atoms with Crippen LogP contribution >= 0.6 is 15.9 Å². The molecule has 5 heteroatoms. The number of sulfonamides is 1. The lowest BCUT2D eigenvalue weighted by Crippen LogP contribution is -2.39. The van der Waals surface area contributed by atoms with E-state index in [0.717, 1.165) is 22.9 Å². The fourth-order valence-electron chi connectivity index (χ4n) is 3.11. The van der Waals surface area contributed by atoms with E-state index in [4.69, 9.17) is 0 Å². The van der Waals surface area contributed by atoms with E-state index in [-0.39, 0.29) is 6.04 Å². The van der Waals surface area contributed by atoms with Gasteiger partial charge in [0.05, 0.1) is 4.90 Å². The van der Waals surface area contributed by atoms with Crippen LogP contribution in [-0.2, 0) is 10.0 Å². The van der Waals surface area contributed by atoms with E-state index in [1.54, 1.807) is 18.2 Å².